The second-order valence-corrected chi connectivity index (χ2v) is 5.79. The first-order valence-corrected chi connectivity index (χ1v) is 8.42. The maximum Gasteiger partial charge on any atom is 0.262 e. The van der Waals surface area contributed by atoms with Gasteiger partial charge in [0, 0.05) is 22.9 Å². The summed E-state index contributed by atoms with van der Waals surface area (Å²) in [6, 6.07) is 22.9. The number of carbonyl (C=O) groups is 2. The van der Waals surface area contributed by atoms with Crippen molar-refractivity contribution in [1.29, 1.82) is 0 Å². The third-order valence-electron chi connectivity index (χ3n) is 3.88. The van der Waals surface area contributed by atoms with Gasteiger partial charge in [-0.15, -0.1) is 0 Å². The number of ketones is 1. The molecule has 0 fully saturated rings. The largest absolute Gasteiger partial charge is 0.497 e. The Hall–Kier alpha value is -3.60. The molecule has 0 bridgehead atoms. The van der Waals surface area contributed by atoms with Gasteiger partial charge < -0.3 is 14.8 Å². The summed E-state index contributed by atoms with van der Waals surface area (Å²) in [5.41, 5.74) is 1.82. The highest BCUT2D eigenvalue weighted by atomic mass is 16.5. The van der Waals surface area contributed by atoms with Gasteiger partial charge in [-0.3, -0.25) is 9.59 Å². The van der Waals surface area contributed by atoms with Gasteiger partial charge in [-0.25, -0.2) is 0 Å². The van der Waals surface area contributed by atoms with E-state index >= 15 is 0 Å². The van der Waals surface area contributed by atoms with Crippen LogP contribution >= 0.6 is 0 Å². The third-order valence-corrected chi connectivity index (χ3v) is 3.88. The Morgan fingerprint density at radius 1 is 0.815 bits per heavy atom. The average Bonchev–Trinajstić information content (AvgIpc) is 2.73. The Kier molecular flexibility index (Phi) is 5.84. The lowest BCUT2D eigenvalue weighted by atomic mass is 10.0. The van der Waals surface area contributed by atoms with Gasteiger partial charge in [0.2, 0.25) is 0 Å². The molecule has 0 aliphatic rings. The van der Waals surface area contributed by atoms with Crippen LogP contribution in [0.3, 0.4) is 0 Å². The number of rotatable bonds is 7. The quantitative estimate of drug-likeness (QED) is 0.647. The van der Waals surface area contributed by atoms with Crippen molar-refractivity contribution in [1.82, 2.24) is 0 Å². The summed E-state index contributed by atoms with van der Waals surface area (Å²) in [5, 5.41) is 2.74. The maximum absolute atomic E-state index is 12.4. The van der Waals surface area contributed by atoms with Crippen molar-refractivity contribution in [3.8, 4) is 11.5 Å². The van der Waals surface area contributed by atoms with Gasteiger partial charge in [-0.2, -0.15) is 0 Å². The monoisotopic (exact) mass is 361 g/mol. The van der Waals surface area contributed by atoms with Crippen molar-refractivity contribution in [2.75, 3.05) is 19.0 Å². The fraction of sp³-hybridized carbons (Fsp3) is 0.0909. The molecule has 0 saturated carbocycles. The van der Waals surface area contributed by atoms with E-state index in [1.54, 1.807) is 67.8 Å². The molecule has 0 saturated heterocycles. The van der Waals surface area contributed by atoms with Gasteiger partial charge in [0.15, 0.2) is 12.4 Å². The van der Waals surface area contributed by atoms with E-state index in [9.17, 15) is 9.59 Å². The summed E-state index contributed by atoms with van der Waals surface area (Å²) in [6.07, 6.45) is 0. The molecule has 0 aromatic heterocycles. The van der Waals surface area contributed by atoms with Crippen LogP contribution in [0.15, 0.2) is 78.9 Å². The van der Waals surface area contributed by atoms with Crippen LogP contribution < -0.4 is 14.8 Å². The molecule has 0 unspecified atom stereocenters. The molecule has 5 nitrogen and oxygen atoms in total. The number of nitrogens with one attached hydrogen (secondary N) is 1. The molecule has 0 aliphatic heterocycles. The van der Waals surface area contributed by atoms with Crippen LogP contribution in [0, 0.1) is 0 Å². The normalized spacial score (nSPS) is 10.1. The zero-order chi connectivity index (χ0) is 19.1. The summed E-state index contributed by atoms with van der Waals surface area (Å²) in [7, 11) is 1.57. The van der Waals surface area contributed by atoms with Gasteiger partial charge >= 0.3 is 0 Å². The van der Waals surface area contributed by atoms with E-state index in [4.69, 9.17) is 9.47 Å². The van der Waals surface area contributed by atoms with Crippen molar-refractivity contribution in [2.45, 2.75) is 0 Å². The molecule has 3 aromatic rings. The topological polar surface area (TPSA) is 64.6 Å². The summed E-state index contributed by atoms with van der Waals surface area (Å²) in [6.45, 7) is -0.136. The minimum absolute atomic E-state index is 0.0575. The van der Waals surface area contributed by atoms with Crippen LogP contribution in [0.2, 0.25) is 0 Å². The SMILES string of the molecule is COc1cccc(NC(=O)COc2ccc(C(=O)c3ccccc3)cc2)c1. The lowest BCUT2D eigenvalue weighted by molar-refractivity contribution is -0.118. The number of benzene rings is 3. The van der Waals surface area contributed by atoms with Gasteiger partial charge in [0.05, 0.1) is 7.11 Å². The van der Waals surface area contributed by atoms with Crippen LogP contribution in [0.25, 0.3) is 0 Å². The Bertz CT molecular complexity index is 921. The first kappa shape index (κ1) is 18.2. The minimum Gasteiger partial charge on any atom is -0.497 e. The number of anilines is 1. The Balaban J connectivity index is 1.55. The molecule has 3 rings (SSSR count). The van der Waals surface area contributed by atoms with Gasteiger partial charge in [-0.1, -0.05) is 36.4 Å². The lowest BCUT2D eigenvalue weighted by Gasteiger charge is -2.09. The lowest BCUT2D eigenvalue weighted by Crippen LogP contribution is -2.20. The number of hydrogen-bond acceptors (Lipinski definition) is 4. The van der Waals surface area contributed by atoms with Crippen molar-refractivity contribution >= 4 is 17.4 Å². The third kappa shape index (κ3) is 4.95. The summed E-state index contributed by atoms with van der Waals surface area (Å²) < 4.78 is 10.6. The fourth-order valence-corrected chi connectivity index (χ4v) is 2.51. The van der Waals surface area contributed by atoms with E-state index < -0.39 is 0 Å². The highest BCUT2D eigenvalue weighted by Gasteiger charge is 2.09. The summed E-state index contributed by atoms with van der Waals surface area (Å²) in [4.78, 5) is 24.4. The molecule has 3 aromatic carbocycles. The van der Waals surface area contributed by atoms with Crippen molar-refractivity contribution < 1.29 is 19.1 Å². The van der Waals surface area contributed by atoms with Crippen molar-refractivity contribution in [2.24, 2.45) is 0 Å². The van der Waals surface area contributed by atoms with Crippen LogP contribution in [0.4, 0.5) is 5.69 Å². The standard InChI is InChI=1S/C22H19NO4/c1-26-20-9-5-8-18(14-20)23-21(24)15-27-19-12-10-17(11-13-19)22(25)16-6-3-2-4-7-16/h2-14H,15H2,1H3,(H,23,24). The molecular weight excluding hydrogens is 342 g/mol. The first-order chi connectivity index (χ1) is 13.2. The van der Waals surface area contributed by atoms with Crippen LogP contribution in [0.5, 0.6) is 11.5 Å². The van der Waals surface area contributed by atoms with E-state index in [0.29, 0.717) is 28.3 Å². The molecule has 0 heterocycles. The molecule has 136 valence electrons. The van der Waals surface area contributed by atoms with Crippen LogP contribution in [0.1, 0.15) is 15.9 Å². The van der Waals surface area contributed by atoms with Crippen molar-refractivity contribution in [3.63, 3.8) is 0 Å². The van der Waals surface area contributed by atoms with E-state index in [2.05, 4.69) is 5.32 Å². The molecular formula is C22H19NO4. The molecule has 27 heavy (non-hydrogen) atoms. The Morgan fingerprint density at radius 3 is 2.22 bits per heavy atom. The zero-order valence-electron chi connectivity index (χ0n) is 14.8. The first-order valence-electron chi connectivity index (χ1n) is 8.42. The van der Waals surface area contributed by atoms with Gasteiger partial charge in [-0.05, 0) is 36.4 Å². The number of ether oxygens (including phenoxy) is 2. The zero-order valence-corrected chi connectivity index (χ0v) is 14.8. The van der Waals surface area contributed by atoms with Crippen LogP contribution in [-0.2, 0) is 4.79 Å². The second kappa shape index (κ2) is 8.67. The Labute approximate surface area is 157 Å². The van der Waals surface area contributed by atoms with Gasteiger partial charge in [0.25, 0.3) is 5.91 Å². The smallest absolute Gasteiger partial charge is 0.262 e. The molecule has 0 radical (unpaired) electrons. The highest BCUT2D eigenvalue weighted by molar-refractivity contribution is 6.09. The number of hydrogen-bond donors (Lipinski definition) is 1. The fourth-order valence-electron chi connectivity index (χ4n) is 2.51. The minimum atomic E-state index is -0.285. The number of amides is 1. The van der Waals surface area contributed by atoms with Crippen molar-refractivity contribution in [3.05, 3.63) is 90.0 Å². The summed E-state index contributed by atoms with van der Waals surface area (Å²) in [5.74, 6) is 0.832. The predicted octanol–water partition coefficient (Wildman–Crippen LogP) is 3.94. The predicted molar refractivity (Wildman–Crippen MR) is 103 cm³/mol. The van der Waals surface area contributed by atoms with Crippen LogP contribution in [-0.4, -0.2) is 25.4 Å². The molecule has 0 spiro atoms. The number of methoxy groups -OCH3 is 1. The van der Waals surface area contributed by atoms with Gasteiger partial charge in [0.1, 0.15) is 11.5 Å². The molecule has 5 heteroatoms. The Morgan fingerprint density at radius 2 is 1.52 bits per heavy atom. The molecule has 0 atom stereocenters. The maximum atomic E-state index is 12.4. The highest BCUT2D eigenvalue weighted by Crippen LogP contribution is 2.18. The average molecular weight is 361 g/mol. The number of carbonyl (C=O) groups excluding carboxylic acids is 2. The summed E-state index contributed by atoms with van der Waals surface area (Å²) >= 11 is 0. The molecule has 1 N–H and O–H groups in total. The second-order valence-electron chi connectivity index (χ2n) is 5.79. The van der Waals surface area contributed by atoms with E-state index in [1.165, 1.54) is 0 Å². The van der Waals surface area contributed by atoms with E-state index in [-0.39, 0.29) is 18.3 Å². The van der Waals surface area contributed by atoms with E-state index in [0.717, 1.165) is 0 Å². The van der Waals surface area contributed by atoms with E-state index in [1.807, 2.05) is 18.2 Å². The molecule has 1 amide bonds. The molecule has 0 aliphatic carbocycles.